The second kappa shape index (κ2) is 3.76. The molecular weight excluding hydrogens is 219 g/mol. The summed E-state index contributed by atoms with van der Waals surface area (Å²) in [5.74, 6) is 0. The van der Waals surface area contributed by atoms with Gasteiger partial charge < -0.3 is 20.1 Å². The van der Waals surface area contributed by atoms with E-state index in [-0.39, 0.29) is 0 Å². The zero-order chi connectivity index (χ0) is 11.1. The standard InChI is InChI=1S/C5H10O8P/c6-1-2(7)4(8)13-3(1)5(9)14(10,11)12/h1-4,6-8,10-12H/q+1/t1-,2+,3-,4-/m0/s1. The highest BCUT2D eigenvalue weighted by atomic mass is 31.2. The van der Waals surface area contributed by atoms with Gasteiger partial charge in [0.2, 0.25) is 0 Å². The molecule has 4 atom stereocenters. The van der Waals surface area contributed by atoms with E-state index in [0.717, 1.165) is 0 Å². The minimum Gasteiger partial charge on any atom is -0.387 e. The number of carbonyl (C=O) groups excluding carboxylic acids is 1. The van der Waals surface area contributed by atoms with E-state index in [4.69, 9.17) is 30.0 Å². The molecule has 0 bridgehead atoms. The lowest BCUT2D eigenvalue weighted by atomic mass is 10.1. The van der Waals surface area contributed by atoms with E-state index in [9.17, 15) is 4.79 Å². The molecule has 1 aliphatic heterocycles. The van der Waals surface area contributed by atoms with Crippen LogP contribution in [0.1, 0.15) is 0 Å². The Morgan fingerprint density at radius 2 is 1.57 bits per heavy atom. The monoisotopic (exact) mass is 229 g/mol. The van der Waals surface area contributed by atoms with Crippen LogP contribution in [0.3, 0.4) is 0 Å². The van der Waals surface area contributed by atoms with E-state index in [1.165, 1.54) is 0 Å². The smallest absolute Gasteiger partial charge is 0.387 e. The van der Waals surface area contributed by atoms with Gasteiger partial charge in [0.15, 0.2) is 12.4 Å². The summed E-state index contributed by atoms with van der Waals surface area (Å²) in [4.78, 5) is 36.6. The van der Waals surface area contributed by atoms with Crippen LogP contribution in [0.25, 0.3) is 0 Å². The molecule has 82 valence electrons. The van der Waals surface area contributed by atoms with Crippen molar-refractivity contribution in [1.82, 2.24) is 0 Å². The summed E-state index contributed by atoms with van der Waals surface area (Å²) in [6.07, 6.45) is -7.17. The average molecular weight is 229 g/mol. The predicted octanol–water partition coefficient (Wildman–Crippen LogP) is -3.31. The number of aliphatic hydroxyl groups is 3. The molecule has 0 aromatic heterocycles. The van der Waals surface area contributed by atoms with Gasteiger partial charge in [-0.1, -0.05) is 0 Å². The number of carbonyl (C=O) groups is 1. The van der Waals surface area contributed by atoms with Crippen LogP contribution < -0.4 is 0 Å². The van der Waals surface area contributed by atoms with Crippen LogP contribution in [0.15, 0.2) is 0 Å². The first-order valence-corrected chi connectivity index (χ1v) is 5.21. The quantitative estimate of drug-likeness (QED) is 0.270. The second-order valence-electron chi connectivity index (χ2n) is 2.83. The van der Waals surface area contributed by atoms with E-state index in [1.54, 1.807) is 0 Å². The van der Waals surface area contributed by atoms with Gasteiger partial charge in [-0.2, -0.15) is 14.7 Å². The Balaban J connectivity index is 2.77. The van der Waals surface area contributed by atoms with Crippen molar-refractivity contribution in [2.45, 2.75) is 24.6 Å². The third kappa shape index (κ3) is 2.08. The van der Waals surface area contributed by atoms with Crippen LogP contribution >= 0.6 is 7.94 Å². The van der Waals surface area contributed by atoms with Crippen LogP contribution in [0.4, 0.5) is 0 Å². The van der Waals surface area contributed by atoms with Crippen molar-refractivity contribution in [3.63, 3.8) is 0 Å². The van der Waals surface area contributed by atoms with Gasteiger partial charge in [0.1, 0.15) is 12.2 Å². The maximum Gasteiger partial charge on any atom is 0.481 e. The Morgan fingerprint density at radius 1 is 1.07 bits per heavy atom. The Bertz CT molecular complexity index is 236. The van der Waals surface area contributed by atoms with Crippen molar-refractivity contribution in [1.29, 1.82) is 0 Å². The first-order valence-electron chi connectivity index (χ1n) is 3.56. The number of hydrogen-bond donors (Lipinski definition) is 6. The molecule has 0 aromatic carbocycles. The van der Waals surface area contributed by atoms with E-state index in [1.807, 2.05) is 0 Å². The largest absolute Gasteiger partial charge is 0.481 e. The van der Waals surface area contributed by atoms with Gasteiger partial charge in [-0.05, 0) is 0 Å². The van der Waals surface area contributed by atoms with E-state index in [2.05, 4.69) is 4.74 Å². The lowest BCUT2D eigenvalue weighted by Crippen LogP contribution is -2.37. The van der Waals surface area contributed by atoms with Gasteiger partial charge >= 0.3 is 13.5 Å². The molecule has 1 fully saturated rings. The molecule has 1 aliphatic rings. The minimum atomic E-state index is -4.79. The summed E-state index contributed by atoms with van der Waals surface area (Å²) >= 11 is 0. The average Bonchev–Trinajstić information content (AvgIpc) is 2.30. The molecule has 0 aliphatic carbocycles. The van der Waals surface area contributed by atoms with Crippen molar-refractivity contribution in [2.24, 2.45) is 0 Å². The molecule has 1 saturated heterocycles. The number of aliphatic hydroxyl groups excluding tert-OH is 3. The normalized spacial score (nSPS) is 38.7. The molecule has 0 amide bonds. The Morgan fingerprint density at radius 3 is 1.86 bits per heavy atom. The van der Waals surface area contributed by atoms with Gasteiger partial charge in [-0.25, -0.2) is 4.79 Å². The Labute approximate surface area is 78.6 Å². The molecule has 9 heteroatoms. The van der Waals surface area contributed by atoms with Gasteiger partial charge in [0.05, 0.1) is 0 Å². The molecular formula is C5H10O8P+. The first-order chi connectivity index (χ1) is 6.25. The topological polar surface area (TPSA) is 148 Å². The van der Waals surface area contributed by atoms with Crippen molar-refractivity contribution >= 4 is 13.5 Å². The maximum atomic E-state index is 11.0. The van der Waals surface area contributed by atoms with E-state index in [0.29, 0.717) is 0 Å². The Kier molecular flexibility index (Phi) is 3.20. The number of ether oxygens (including phenoxy) is 1. The van der Waals surface area contributed by atoms with Crippen LogP contribution in [-0.2, 0) is 9.53 Å². The fraction of sp³-hybridized carbons (Fsp3) is 0.800. The third-order valence-corrected chi connectivity index (χ3v) is 2.62. The second-order valence-corrected chi connectivity index (χ2v) is 4.41. The van der Waals surface area contributed by atoms with Crippen molar-refractivity contribution in [3.8, 4) is 0 Å². The fourth-order valence-electron chi connectivity index (χ4n) is 1.03. The van der Waals surface area contributed by atoms with Gasteiger partial charge in [-0.3, -0.25) is 0 Å². The minimum absolute atomic E-state index is 1.56. The highest BCUT2D eigenvalue weighted by Crippen LogP contribution is 2.48. The highest BCUT2D eigenvalue weighted by molar-refractivity contribution is 7.76. The molecule has 6 N–H and O–H groups in total. The van der Waals surface area contributed by atoms with Crippen LogP contribution in [0, 0.1) is 0 Å². The predicted molar refractivity (Wildman–Crippen MR) is 41.5 cm³/mol. The van der Waals surface area contributed by atoms with Crippen molar-refractivity contribution < 1.29 is 39.5 Å². The van der Waals surface area contributed by atoms with Crippen molar-refractivity contribution in [3.05, 3.63) is 0 Å². The zero-order valence-electron chi connectivity index (χ0n) is 6.76. The SMILES string of the molecule is O=C([C@H]1O[C@H](O)[C@H](O)[C@@H]1O)[P+](O)(O)O. The number of hydrogen-bond acceptors (Lipinski definition) is 8. The summed E-state index contributed by atoms with van der Waals surface area (Å²) < 4.78 is 4.33. The highest BCUT2D eigenvalue weighted by Gasteiger charge is 2.57. The third-order valence-electron chi connectivity index (χ3n) is 1.78. The molecule has 14 heavy (non-hydrogen) atoms. The van der Waals surface area contributed by atoms with Gasteiger partial charge in [0, 0.05) is 0 Å². The molecule has 0 spiro atoms. The lowest BCUT2D eigenvalue weighted by Gasteiger charge is -2.11. The van der Waals surface area contributed by atoms with E-state index < -0.39 is 38.1 Å². The summed E-state index contributed by atoms with van der Waals surface area (Å²) in [6, 6.07) is 0. The molecule has 1 heterocycles. The fourth-order valence-corrected chi connectivity index (χ4v) is 1.59. The molecule has 0 aromatic rings. The zero-order valence-corrected chi connectivity index (χ0v) is 7.65. The maximum absolute atomic E-state index is 11.0. The molecule has 0 saturated carbocycles. The molecule has 0 radical (unpaired) electrons. The molecule has 0 unspecified atom stereocenters. The van der Waals surface area contributed by atoms with Crippen LogP contribution in [-0.4, -0.2) is 60.1 Å². The Hall–Kier alpha value is -0.180. The van der Waals surface area contributed by atoms with Gasteiger partial charge in [0.25, 0.3) is 0 Å². The van der Waals surface area contributed by atoms with Crippen LogP contribution in [0.2, 0.25) is 0 Å². The lowest BCUT2D eigenvalue weighted by molar-refractivity contribution is -0.145. The number of rotatable bonds is 2. The first kappa shape index (κ1) is 11.9. The van der Waals surface area contributed by atoms with Crippen LogP contribution in [0.5, 0.6) is 0 Å². The summed E-state index contributed by atoms with van der Waals surface area (Å²) in [7, 11) is -4.79. The van der Waals surface area contributed by atoms with E-state index >= 15 is 0 Å². The molecule has 8 nitrogen and oxygen atoms in total. The molecule has 1 rings (SSSR count). The van der Waals surface area contributed by atoms with Crippen molar-refractivity contribution in [2.75, 3.05) is 0 Å². The summed E-state index contributed by atoms with van der Waals surface area (Å²) in [5, 5.41) is 26.9. The van der Waals surface area contributed by atoms with Gasteiger partial charge in [-0.15, -0.1) is 0 Å². The summed E-state index contributed by atoms with van der Waals surface area (Å²) in [5.41, 5.74) is -1.56. The summed E-state index contributed by atoms with van der Waals surface area (Å²) in [6.45, 7) is 0.